The topological polar surface area (TPSA) is 97.4 Å². The molecule has 208 valence electrons. The summed E-state index contributed by atoms with van der Waals surface area (Å²) in [7, 11) is -1.36. The summed E-state index contributed by atoms with van der Waals surface area (Å²) in [6.07, 6.45) is 6.42. The Morgan fingerprint density at radius 2 is 1.74 bits per heavy atom. The molecule has 1 unspecified atom stereocenters. The maximum absolute atomic E-state index is 13.6. The second-order valence-electron chi connectivity index (χ2n) is 11.0. The number of aliphatic hydroxyl groups excluding tert-OH is 1. The maximum atomic E-state index is 13.6. The number of aromatic nitrogens is 3. The summed E-state index contributed by atoms with van der Waals surface area (Å²) in [6.45, 7) is 2.33. The number of rotatable bonds is 8. The Bertz CT molecular complexity index is 1340. The highest BCUT2D eigenvalue weighted by molar-refractivity contribution is 7.86. The Morgan fingerprint density at radius 3 is 2.46 bits per heavy atom. The van der Waals surface area contributed by atoms with Crippen molar-refractivity contribution in [1.29, 1.82) is 0 Å². The lowest BCUT2D eigenvalue weighted by atomic mass is 9.93. The molecule has 11 heteroatoms. The van der Waals surface area contributed by atoms with E-state index >= 15 is 0 Å². The molecule has 2 aromatic heterocycles. The fraction of sp³-hybridized carbons (Fsp3) is 0.500. The standard InChI is InChI=1S/C28H34F2N6O2S/c29-28(30)10-14-36(15-11-28)25-3-1-2-22(32-25)23-19-31-26(33-23)21-5-4-20(34-39(38)17-16-37)18-24(21)35-12-8-27(6-7-27)9-13-35/h1-5,18-19,34,37H,6-17H2,(H,31,33). The van der Waals surface area contributed by atoms with Crippen molar-refractivity contribution in [3.63, 3.8) is 0 Å². The van der Waals surface area contributed by atoms with Crippen molar-refractivity contribution < 1.29 is 18.1 Å². The number of pyridine rings is 1. The van der Waals surface area contributed by atoms with Gasteiger partial charge in [0.15, 0.2) is 0 Å². The van der Waals surface area contributed by atoms with Gasteiger partial charge in [-0.1, -0.05) is 6.07 Å². The van der Waals surface area contributed by atoms with Gasteiger partial charge in [-0.3, -0.25) is 0 Å². The zero-order chi connectivity index (χ0) is 27.0. The number of hydrogen-bond acceptors (Lipinski definition) is 6. The third-order valence-electron chi connectivity index (χ3n) is 8.29. The molecule has 3 aliphatic rings. The van der Waals surface area contributed by atoms with E-state index in [0.29, 0.717) is 22.8 Å². The molecule has 3 fully saturated rings. The van der Waals surface area contributed by atoms with Gasteiger partial charge in [-0.05, 0) is 61.4 Å². The van der Waals surface area contributed by atoms with Gasteiger partial charge >= 0.3 is 0 Å². The van der Waals surface area contributed by atoms with Crippen molar-refractivity contribution in [3.8, 4) is 22.8 Å². The summed E-state index contributed by atoms with van der Waals surface area (Å²) in [5, 5.41) is 9.14. The van der Waals surface area contributed by atoms with Crippen LogP contribution in [0.5, 0.6) is 0 Å². The largest absolute Gasteiger partial charge is 0.395 e. The lowest BCUT2D eigenvalue weighted by Gasteiger charge is -2.35. The van der Waals surface area contributed by atoms with Crippen LogP contribution in [0.1, 0.15) is 38.5 Å². The number of anilines is 3. The van der Waals surface area contributed by atoms with Crippen LogP contribution >= 0.6 is 0 Å². The number of halogens is 2. The van der Waals surface area contributed by atoms with E-state index in [4.69, 9.17) is 15.1 Å². The molecule has 1 aromatic carbocycles. The molecule has 1 atom stereocenters. The van der Waals surface area contributed by atoms with Crippen LogP contribution in [0.25, 0.3) is 22.8 Å². The van der Waals surface area contributed by atoms with Gasteiger partial charge in [0.1, 0.15) is 22.6 Å². The van der Waals surface area contributed by atoms with E-state index in [0.717, 1.165) is 35.7 Å². The lowest BCUT2D eigenvalue weighted by molar-refractivity contribution is -0.0221. The molecular formula is C28H34F2N6O2S. The van der Waals surface area contributed by atoms with Crippen molar-refractivity contribution in [2.45, 2.75) is 44.4 Å². The summed E-state index contributed by atoms with van der Waals surface area (Å²) in [4.78, 5) is 17.2. The molecule has 6 rings (SSSR count). The van der Waals surface area contributed by atoms with Crippen LogP contribution in [0.3, 0.4) is 0 Å². The number of H-pyrrole nitrogens is 1. The SMILES string of the molecule is O=S(CCO)Nc1ccc(-c2ncc(-c3cccc(N4CCC(F)(F)CC4)n3)[nH]2)c(N2CCC3(CC2)CC3)c1. The summed E-state index contributed by atoms with van der Waals surface area (Å²) < 4.78 is 42.5. The normalized spacial score (nSPS) is 20.7. The zero-order valence-corrected chi connectivity index (χ0v) is 22.7. The highest BCUT2D eigenvalue weighted by Crippen LogP contribution is 2.54. The molecule has 4 heterocycles. The molecular weight excluding hydrogens is 522 g/mol. The fourth-order valence-corrected chi connectivity index (χ4v) is 6.28. The third kappa shape index (κ3) is 5.79. The van der Waals surface area contributed by atoms with E-state index in [1.165, 1.54) is 25.7 Å². The van der Waals surface area contributed by atoms with Crippen molar-refractivity contribution in [1.82, 2.24) is 15.0 Å². The Balaban J connectivity index is 1.26. The van der Waals surface area contributed by atoms with Crippen LogP contribution in [0.4, 0.5) is 26.0 Å². The Kier molecular flexibility index (Phi) is 7.05. The van der Waals surface area contributed by atoms with Crippen molar-refractivity contribution in [3.05, 3.63) is 42.6 Å². The summed E-state index contributed by atoms with van der Waals surface area (Å²) in [5.41, 5.74) is 4.70. The van der Waals surface area contributed by atoms with E-state index < -0.39 is 16.9 Å². The number of piperidine rings is 2. The van der Waals surface area contributed by atoms with E-state index in [1.807, 2.05) is 41.3 Å². The molecule has 2 aliphatic heterocycles. The van der Waals surface area contributed by atoms with E-state index in [2.05, 4.69) is 14.6 Å². The minimum absolute atomic E-state index is 0.145. The molecule has 39 heavy (non-hydrogen) atoms. The first kappa shape index (κ1) is 26.2. The first-order valence-electron chi connectivity index (χ1n) is 13.6. The van der Waals surface area contributed by atoms with Gasteiger partial charge in [0, 0.05) is 56.0 Å². The number of alkyl halides is 2. The Hall–Kier alpha value is -3.05. The van der Waals surface area contributed by atoms with Crippen LogP contribution < -0.4 is 14.5 Å². The molecule has 1 saturated carbocycles. The smallest absolute Gasteiger partial charge is 0.251 e. The molecule has 0 radical (unpaired) electrons. The zero-order valence-electron chi connectivity index (χ0n) is 21.8. The predicted molar refractivity (Wildman–Crippen MR) is 150 cm³/mol. The van der Waals surface area contributed by atoms with Gasteiger partial charge in [0.25, 0.3) is 5.92 Å². The van der Waals surface area contributed by atoms with Crippen LogP contribution in [0.2, 0.25) is 0 Å². The minimum Gasteiger partial charge on any atom is -0.395 e. The van der Waals surface area contributed by atoms with Crippen molar-refractivity contribution in [2.24, 2.45) is 5.41 Å². The van der Waals surface area contributed by atoms with E-state index in [1.54, 1.807) is 6.20 Å². The Morgan fingerprint density at radius 1 is 1.00 bits per heavy atom. The van der Waals surface area contributed by atoms with Crippen molar-refractivity contribution in [2.75, 3.05) is 53.1 Å². The second kappa shape index (κ2) is 10.5. The number of imidazole rings is 1. The first-order chi connectivity index (χ1) is 18.8. The lowest BCUT2D eigenvalue weighted by Crippen LogP contribution is -2.39. The number of hydrogen-bond donors (Lipinski definition) is 3. The third-order valence-corrected chi connectivity index (χ3v) is 9.30. The molecule has 3 N–H and O–H groups in total. The average Bonchev–Trinajstić information content (AvgIpc) is 3.49. The number of nitrogens with one attached hydrogen (secondary N) is 2. The second-order valence-corrected chi connectivity index (χ2v) is 12.3. The minimum atomic E-state index is -2.60. The quantitative estimate of drug-likeness (QED) is 0.368. The number of aromatic amines is 1. The van der Waals surface area contributed by atoms with Gasteiger partial charge in [0.05, 0.1) is 29.9 Å². The molecule has 1 aliphatic carbocycles. The average molecular weight is 557 g/mol. The van der Waals surface area contributed by atoms with Crippen LogP contribution in [-0.2, 0) is 11.0 Å². The number of benzene rings is 1. The highest BCUT2D eigenvalue weighted by atomic mass is 32.2. The first-order valence-corrected chi connectivity index (χ1v) is 15.0. The van der Waals surface area contributed by atoms with Crippen LogP contribution in [0.15, 0.2) is 42.6 Å². The predicted octanol–water partition coefficient (Wildman–Crippen LogP) is 4.82. The van der Waals surface area contributed by atoms with E-state index in [9.17, 15) is 13.0 Å². The highest BCUT2D eigenvalue weighted by Gasteiger charge is 2.44. The van der Waals surface area contributed by atoms with Gasteiger partial charge in [-0.2, -0.15) is 0 Å². The molecule has 0 bridgehead atoms. The summed E-state index contributed by atoms with van der Waals surface area (Å²) in [6, 6.07) is 11.5. The number of aliphatic hydroxyl groups is 1. The maximum Gasteiger partial charge on any atom is 0.251 e. The monoisotopic (exact) mass is 556 g/mol. The van der Waals surface area contributed by atoms with Gasteiger partial charge in [-0.25, -0.2) is 23.0 Å². The van der Waals surface area contributed by atoms with Gasteiger partial charge in [-0.15, -0.1) is 0 Å². The summed E-state index contributed by atoms with van der Waals surface area (Å²) >= 11 is 0. The van der Waals surface area contributed by atoms with Crippen LogP contribution in [-0.4, -0.2) is 68.7 Å². The molecule has 1 spiro atoms. The fourth-order valence-electron chi connectivity index (χ4n) is 5.62. The molecule has 8 nitrogen and oxygen atoms in total. The van der Waals surface area contributed by atoms with Gasteiger partial charge < -0.3 is 24.6 Å². The molecule has 2 saturated heterocycles. The Labute approximate surface area is 229 Å². The molecule has 3 aromatic rings. The summed E-state index contributed by atoms with van der Waals surface area (Å²) in [5.74, 6) is -1.04. The van der Waals surface area contributed by atoms with Crippen molar-refractivity contribution >= 4 is 28.2 Å². The van der Waals surface area contributed by atoms with Gasteiger partial charge in [0.2, 0.25) is 0 Å². The van der Waals surface area contributed by atoms with Crippen LogP contribution in [0, 0.1) is 5.41 Å². The number of nitrogens with zero attached hydrogens (tertiary/aromatic N) is 4. The van der Waals surface area contributed by atoms with E-state index in [-0.39, 0.29) is 38.3 Å². The molecule has 0 amide bonds.